The van der Waals surface area contributed by atoms with Crippen molar-refractivity contribution in [1.29, 1.82) is 0 Å². The van der Waals surface area contributed by atoms with E-state index >= 15 is 9.59 Å². The zero-order valence-electron chi connectivity index (χ0n) is 55.7. The minimum Gasteiger partial charge on any atom is -0.441 e. The van der Waals surface area contributed by atoms with E-state index in [0.29, 0.717) is 28.8 Å². The number of carbonyl (C=O) groups is 7. The first-order valence-corrected chi connectivity index (χ1v) is 33.5. The van der Waals surface area contributed by atoms with Crippen molar-refractivity contribution in [3.8, 4) is 10.7 Å². The van der Waals surface area contributed by atoms with Crippen molar-refractivity contribution in [1.82, 2.24) is 66.3 Å². The van der Waals surface area contributed by atoms with Gasteiger partial charge in [0.25, 0.3) is 11.8 Å². The Morgan fingerprint density at radius 1 is 0.820 bits per heavy atom. The minimum absolute atomic E-state index is 0.0156. The van der Waals surface area contributed by atoms with Crippen LogP contribution < -0.4 is 61.0 Å². The standard InChI is InChI=1S/C58H93N19O21S2/c1-23-36(73-49(75-47(23)62)28(15-34(61)81)68-16-27(60)48(63)87)55(92)77(6)38(44(29-17-65-22-69-29)96-57-46(42(85)40(83)32(18-78)95-57)97-56-43(86)45(98-58(64)93)41(84)33(19-79)94-56)53(91)70-25(3)39(82)24(2)50(88)74-37(26(4)80)52(90)67-12-9-35-71-31(21-99-35)54-72-30(20-100-54)51(89)66-11-8-14-76(5)13-7-10-59/h17,20-22,24-28,32-33,37-46,50,56-57,68,74,78-80,82-86,88H,7-16,18-19,59-60H2,1-6H3,(H2,61,81)(H2,63,87)(H2,64,93)(H,65,69)(H,66,89)(H,67,90)(H,70,91)(H2,62,73,75). The predicted molar refractivity (Wildman–Crippen MR) is 351 cm³/mol. The van der Waals surface area contributed by atoms with Crippen LogP contribution in [0, 0.1) is 12.8 Å². The Labute approximate surface area is 581 Å². The highest BCUT2D eigenvalue weighted by molar-refractivity contribution is 7.14. The number of likely N-dealkylation sites (N-methyl/N-ethyl adjacent to an activating group) is 1. The number of aliphatic hydroxyl groups excluding tert-OH is 9. The van der Waals surface area contributed by atoms with Gasteiger partial charge >= 0.3 is 6.09 Å². The number of anilines is 1. The van der Waals surface area contributed by atoms with E-state index in [4.69, 9.17) is 58.1 Å². The van der Waals surface area contributed by atoms with E-state index in [1.165, 1.54) is 50.4 Å². The number of aromatic nitrogens is 6. The maximum atomic E-state index is 15.5. The maximum absolute atomic E-state index is 15.5. The number of rotatable bonds is 39. The number of hydrogen-bond donors (Lipinski definition) is 21. The summed E-state index contributed by atoms with van der Waals surface area (Å²) in [6.45, 7) is 5.62. The van der Waals surface area contributed by atoms with E-state index in [-0.39, 0.29) is 54.0 Å². The number of imidazole rings is 1. The van der Waals surface area contributed by atoms with Gasteiger partial charge in [0, 0.05) is 61.8 Å². The number of aromatic amines is 1. The third-order valence-electron chi connectivity index (χ3n) is 16.6. The Hall–Kier alpha value is -7.28. The number of ether oxygens (including phenoxy) is 5. The molecule has 0 radical (unpaired) electrons. The van der Waals surface area contributed by atoms with Gasteiger partial charge in [-0.2, -0.15) is 0 Å². The smallest absolute Gasteiger partial charge is 0.404 e. The number of hydrogen-bond acceptors (Lipinski definition) is 34. The molecule has 40 nitrogen and oxygen atoms in total. The summed E-state index contributed by atoms with van der Waals surface area (Å²) in [5.41, 5.74) is 33.9. The number of amides is 7. The lowest BCUT2D eigenvalue weighted by molar-refractivity contribution is -0.372. The molecule has 558 valence electrons. The molecule has 2 fully saturated rings. The molecule has 6 rings (SSSR count). The molecule has 2 aliphatic heterocycles. The van der Waals surface area contributed by atoms with Crippen LogP contribution in [0.4, 0.5) is 10.6 Å². The van der Waals surface area contributed by atoms with Crippen molar-refractivity contribution < 1.29 is 103 Å². The van der Waals surface area contributed by atoms with Crippen LogP contribution in [0.1, 0.15) is 95.2 Å². The van der Waals surface area contributed by atoms with Crippen LogP contribution >= 0.6 is 22.7 Å². The number of thiazole rings is 2. The van der Waals surface area contributed by atoms with Crippen molar-refractivity contribution in [2.75, 3.05) is 72.3 Å². The second kappa shape index (κ2) is 38.1. The van der Waals surface area contributed by atoms with Gasteiger partial charge in [-0.25, -0.2) is 29.7 Å². The van der Waals surface area contributed by atoms with Crippen molar-refractivity contribution in [3.05, 3.63) is 56.8 Å². The van der Waals surface area contributed by atoms with Gasteiger partial charge in [0.1, 0.15) is 101 Å². The fourth-order valence-corrected chi connectivity index (χ4v) is 12.3. The SMILES string of the molecule is Cc1c(N)nc(C(CC(N)=O)NCC(N)C(N)=O)nc1C(=O)N(C)C(C(=O)NC(C)C(O)C(C)C(O)NC(C(=O)NCCc1nc(-c2nc(C(=O)NCCCN(C)CCCN)cs2)cs1)C(C)O)C(OC1OC(CO)C(O)C(O)C1OC1OC(CO)C(O)C(OC(N)=O)C1O)c1cnc[nH]1. The number of nitrogens with one attached hydrogen (secondary N) is 6. The molecule has 2 saturated heterocycles. The Balaban J connectivity index is 1.25. The van der Waals surface area contributed by atoms with Gasteiger partial charge in [-0.1, -0.05) is 6.92 Å². The molecule has 0 aromatic carbocycles. The van der Waals surface area contributed by atoms with Crippen LogP contribution in [0.25, 0.3) is 10.7 Å². The molecule has 4 aromatic rings. The van der Waals surface area contributed by atoms with Gasteiger partial charge in [0.05, 0.1) is 66.8 Å². The summed E-state index contributed by atoms with van der Waals surface area (Å²) in [6.07, 6.45) is -25.0. The maximum Gasteiger partial charge on any atom is 0.404 e. The summed E-state index contributed by atoms with van der Waals surface area (Å²) in [5, 5.41) is 118. The number of nitrogen functional groups attached to an aromatic ring is 1. The highest BCUT2D eigenvalue weighted by Crippen LogP contribution is 2.36. The van der Waals surface area contributed by atoms with Gasteiger partial charge in [-0.15, -0.1) is 22.7 Å². The Kier molecular flexibility index (Phi) is 31.1. The summed E-state index contributed by atoms with van der Waals surface area (Å²) >= 11 is 2.53. The molecule has 100 heavy (non-hydrogen) atoms. The van der Waals surface area contributed by atoms with Crippen LogP contribution in [0.5, 0.6) is 0 Å². The van der Waals surface area contributed by atoms with Crippen molar-refractivity contribution in [2.24, 2.45) is 34.6 Å². The molecule has 42 heteroatoms. The van der Waals surface area contributed by atoms with Gasteiger partial charge in [-0.05, 0) is 60.3 Å². The molecular formula is C58H93N19O21S2. The Morgan fingerprint density at radius 3 is 2.13 bits per heavy atom. The van der Waals surface area contributed by atoms with Gasteiger partial charge in [0.15, 0.2) is 18.7 Å². The highest BCUT2D eigenvalue weighted by Gasteiger charge is 2.54. The van der Waals surface area contributed by atoms with E-state index in [9.17, 15) is 69.9 Å². The molecular weight excluding hydrogens is 1360 g/mol. The fourth-order valence-electron chi connectivity index (χ4n) is 10.7. The molecule has 6 heterocycles. The van der Waals surface area contributed by atoms with Crippen molar-refractivity contribution in [3.63, 3.8) is 0 Å². The lowest BCUT2D eigenvalue weighted by Gasteiger charge is -2.47. The highest BCUT2D eigenvalue weighted by atomic mass is 32.1. The normalized spacial score (nSPS) is 23.9. The number of nitrogens with zero attached hydrogens (tertiary/aromatic N) is 7. The average molecular weight is 1460 g/mol. The zero-order chi connectivity index (χ0) is 74.0. The van der Waals surface area contributed by atoms with Crippen molar-refractivity contribution in [2.45, 2.75) is 170 Å². The second-order valence-corrected chi connectivity index (χ2v) is 26.0. The third kappa shape index (κ3) is 21.6. The monoisotopic (exact) mass is 1460 g/mol. The van der Waals surface area contributed by atoms with E-state index in [0.717, 1.165) is 50.4 Å². The van der Waals surface area contributed by atoms with Gasteiger partial charge in [-0.3, -0.25) is 34.1 Å². The molecule has 7 amide bonds. The number of aliphatic hydroxyl groups is 9. The van der Waals surface area contributed by atoms with Crippen LogP contribution in [0.3, 0.4) is 0 Å². The van der Waals surface area contributed by atoms with Crippen LogP contribution in [0.2, 0.25) is 0 Å². The van der Waals surface area contributed by atoms with E-state index in [2.05, 4.69) is 61.4 Å². The van der Waals surface area contributed by atoms with E-state index < -0.39 is 183 Å². The Morgan fingerprint density at radius 2 is 1.50 bits per heavy atom. The first kappa shape index (κ1) is 81.7. The van der Waals surface area contributed by atoms with Crippen molar-refractivity contribution >= 4 is 70.0 Å². The van der Waals surface area contributed by atoms with E-state index in [1.807, 2.05) is 7.05 Å². The minimum atomic E-state index is -2.19. The number of primary amides is 3. The topological polar surface area (TPSA) is 651 Å². The van der Waals surface area contributed by atoms with Crippen LogP contribution in [0.15, 0.2) is 23.3 Å². The largest absolute Gasteiger partial charge is 0.441 e. The van der Waals surface area contributed by atoms with Crippen LogP contribution in [-0.2, 0) is 49.3 Å². The summed E-state index contributed by atoms with van der Waals surface area (Å²) in [4.78, 5) is 121. The number of carbonyl (C=O) groups excluding carboxylic acids is 7. The molecule has 2 aliphatic rings. The molecule has 20 atom stereocenters. The molecule has 20 unspecified atom stereocenters. The lowest BCUT2D eigenvalue weighted by atomic mass is 9.95. The van der Waals surface area contributed by atoms with E-state index in [1.54, 1.807) is 10.8 Å². The first-order valence-electron chi connectivity index (χ1n) is 31.8. The number of H-pyrrole nitrogens is 1. The number of nitrogens with two attached hydrogens (primary N) is 6. The molecule has 0 bridgehead atoms. The third-order valence-corrected chi connectivity index (χ3v) is 18.4. The zero-order valence-corrected chi connectivity index (χ0v) is 57.3. The summed E-state index contributed by atoms with van der Waals surface area (Å²) < 4.78 is 29.0. The Bertz CT molecular complexity index is 3330. The molecule has 0 saturated carbocycles. The van der Waals surface area contributed by atoms with Gasteiger partial charge in [0.2, 0.25) is 23.6 Å². The van der Waals surface area contributed by atoms with Crippen LogP contribution in [-0.4, -0.2) is 298 Å². The molecule has 27 N–H and O–H groups in total. The lowest BCUT2D eigenvalue weighted by Crippen LogP contribution is -2.65. The summed E-state index contributed by atoms with van der Waals surface area (Å²) in [7, 11) is 3.07. The molecule has 4 aromatic heterocycles. The quantitative estimate of drug-likeness (QED) is 0.0146. The van der Waals surface area contributed by atoms with Gasteiger partial charge < -0.3 is 140 Å². The summed E-state index contributed by atoms with van der Waals surface area (Å²) in [6, 6.07) is -7.62. The molecule has 0 spiro atoms. The predicted octanol–water partition coefficient (Wildman–Crippen LogP) is -8.17. The first-order chi connectivity index (χ1) is 47.3. The second-order valence-electron chi connectivity index (χ2n) is 24.2. The fraction of sp³-hybridized carbons (Fsp3) is 0.655. The molecule has 0 aliphatic carbocycles. The summed E-state index contributed by atoms with van der Waals surface area (Å²) in [5.74, 6) is -7.26. The average Bonchev–Trinajstić information content (AvgIpc) is 0.955.